The Kier molecular flexibility index (Phi) is 3.85. The van der Waals surface area contributed by atoms with Gasteiger partial charge < -0.3 is 0 Å². The summed E-state index contributed by atoms with van der Waals surface area (Å²) >= 11 is 6.09. The SMILES string of the molecule is Clc1ccccc1/C=C/C1CCCCC1. The van der Waals surface area contributed by atoms with E-state index < -0.39 is 0 Å². The van der Waals surface area contributed by atoms with Gasteiger partial charge in [0.05, 0.1) is 0 Å². The molecule has 1 aliphatic rings. The third kappa shape index (κ3) is 3.10. The van der Waals surface area contributed by atoms with Crippen molar-refractivity contribution < 1.29 is 0 Å². The molecular formula is C14H17Cl. The van der Waals surface area contributed by atoms with Gasteiger partial charge in [-0.1, -0.05) is 61.2 Å². The van der Waals surface area contributed by atoms with Crippen molar-refractivity contribution in [1.29, 1.82) is 0 Å². The van der Waals surface area contributed by atoms with E-state index in [2.05, 4.69) is 18.2 Å². The van der Waals surface area contributed by atoms with Crippen LogP contribution in [0.5, 0.6) is 0 Å². The van der Waals surface area contributed by atoms with Crippen LogP contribution < -0.4 is 0 Å². The summed E-state index contributed by atoms with van der Waals surface area (Å²) in [6.07, 6.45) is 11.4. The van der Waals surface area contributed by atoms with Gasteiger partial charge in [0.25, 0.3) is 0 Å². The molecular weight excluding hydrogens is 204 g/mol. The molecule has 0 bridgehead atoms. The monoisotopic (exact) mass is 220 g/mol. The van der Waals surface area contributed by atoms with Gasteiger partial charge in [0.1, 0.15) is 0 Å². The normalized spacial score (nSPS) is 18.5. The van der Waals surface area contributed by atoms with Gasteiger partial charge in [-0.3, -0.25) is 0 Å². The van der Waals surface area contributed by atoms with E-state index in [1.54, 1.807) is 0 Å². The van der Waals surface area contributed by atoms with Crippen molar-refractivity contribution in [3.05, 3.63) is 40.9 Å². The first-order chi connectivity index (χ1) is 7.36. The molecule has 1 aliphatic carbocycles. The fourth-order valence-electron chi connectivity index (χ4n) is 2.18. The largest absolute Gasteiger partial charge is 0.0837 e. The molecule has 0 N–H and O–H groups in total. The maximum absolute atomic E-state index is 6.09. The number of rotatable bonds is 2. The molecule has 0 aliphatic heterocycles. The van der Waals surface area contributed by atoms with Crippen LogP contribution in [0.2, 0.25) is 5.02 Å². The van der Waals surface area contributed by atoms with Crippen LogP contribution in [0, 0.1) is 5.92 Å². The zero-order valence-corrected chi connectivity index (χ0v) is 9.71. The molecule has 1 saturated carbocycles. The Labute approximate surface area is 97.0 Å². The zero-order chi connectivity index (χ0) is 10.5. The molecule has 1 heteroatoms. The summed E-state index contributed by atoms with van der Waals surface area (Å²) in [5.74, 6) is 0.773. The fraction of sp³-hybridized carbons (Fsp3) is 0.429. The summed E-state index contributed by atoms with van der Waals surface area (Å²) in [7, 11) is 0. The minimum atomic E-state index is 0.773. The average molecular weight is 221 g/mol. The van der Waals surface area contributed by atoms with E-state index in [-0.39, 0.29) is 0 Å². The average Bonchev–Trinajstić information content (AvgIpc) is 2.29. The van der Waals surface area contributed by atoms with Gasteiger partial charge in [-0.15, -0.1) is 0 Å². The van der Waals surface area contributed by atoms with Crippen molar-refractivity contribution >= 4 is 17.7 Å². The third-order valence-corrected chi connectivity index (χ3v) is 3.45. The van der Waals surface area contributed by atoms with Crippen LogP contribution in [-0.2, 0) is 0 Å². The van der Waals surface area contributed by atoms with Crippen LogP contribution in [0.25, 0.3) is 6.08 Å². The summed E-state index contributed by atoms with van der Waals surface area (Å²) in [4.78, 5) is 0. The van der Waals surface area contributed by atoms with Gasteiger partial charge in [-0.05, 0) is 30.4 Å². The predicted molar refractivity (Wildman–Crippen MR) is 67.1 cm³/mol. The summed E-state index contributed by atoms with van der Waals surface area (Å²) < 4.78 is 0. The highest BCUT2D eigenvalue weighted by Gasteiger charge is 2.09. The Hall–Kier alpha value is -0.750. The molecule has 2 rings (SSSR count). The van der Waals surface area contributed by atoms with Crippen LogP contribution in [0.1, 0.15) is 37.7 Å². The Bertz CT molecular complexity index is 335. The van der Waals surface area contributed by atoms with Crippen LogP contribution in [-0.4, -0.2) is 0 Å². The Morgan fingerprint density at radius 1 is 1.07 bits per heavy atom. The fourth-order valence-corrected chi connectivity index (χ4v) is 2.38. The van der Waals surface area contributed by atoms with Crippen molar-refractivity contribution in [3.63, 3.8) is 0 Å². The van der Waals surface area contributed by atoms with Crippen molar-refractivity contribution in [2.24, 2.45) is 5.92 Å². The smallest absolute Gasteiger partial charge is 0.0478 e. The maximum atomic E-state index is 6.09. The van der Waals surface area contributed by atoms with Gasteiger partial charge >= 0.3 is 0 Å². The van der Waals surface area contributed by atoms with Crippen molar-refractivity contribution in [3.8, 4) is 0 Å². The number of hydrogen-bond donors (Lipinski definition) is 0. The minimum absolute atomic E-state index is 0.773. The first-order valence-electron chi connectivity index (χ1n) is 5.79. The topological polar surface area (TPSA) is 0 Å². The molecule has 0 amide bonds. The quantitative estimate of drug-likeness (QED) is 0.663. The van der Waals surface area contributed by atoms with Crippen LogP contribution >= 0.6 is 11.6 Å². The molecule has 0 atom stereocenters. The third-order valence-electron chi connectivity index (χ3n) is 3.10. The standard InChI is InChI=1S/C14H17Cl/c15-14-9-5-4-8-13(14)11-10-12-6-2-1-3-7-12/h4-5,8-12H,1-3,6-7H2/b11-10+. The Morgan fingerprint density at radius 2 is 1.80 bits per heavy atom. The van der Waals surface area contributed by atoms with Gasteiger partial charge in [0.2, 0.25) is 0 Å². The molecule has 80 valence electrons. The first kappa shape index (κ1) is 10.8. The Morgan fingerprint density at radius 3 is 2.53 bits per heavy atom. The summed E-state index contributed by atoms with van der Waals surface area (Å²) in [6.45, 7) is 0. The van der Waals surface area contributed by atoms with E-state index >= 15 is 0 Å². The van der Waals surface area contributed by atoms with E-state index in [0.717, 1.165) is 16.5 Å². The van der Waals surface area contributed by atoms with Gasteiger partial charge in [0.15, 0.2) is 0 Å². The molecule has 1 aromatic rings. The molecule has 15 heavy (non-hydrogen) atoms. The summed E-state index contributed by atoms with van der Waals surface area (Å²) in [5.41, 5.74) is 1.14. The lowest BCUT2D eigenvalue weighted by Crippen LogP contribution is -2.02. The molecule has 1 fully saturated rings. The predicted octanol–water partition coefficient (Wildman–Crippen LogP) is 4.93. The van der Waals surface area contributed by atoms with Crippen LogP contribution in [0.3, 0.4) is 0 Å². The second kappa shape index (κ2) is 5.37. The number of allylic oxidation sites excluding steroid dienone is 1. The van der Waals surface area contributed by atoms with Crippen molar-refractivity contribution in [2.45, 2.75) is 32.1 Å². The summed E-state index contributed by atoms with van der Waals surface area (Å²) in [5, 5.41) is 0.851. The highest BCUT2D eigenvalue weighted by atomic mass is 35.5. The first-order valence-corrected chi connectivity index (χ1v) is 6.17. The van der Waals surface area contributed by atoms with E-state index in [9.17, 15) is 0 Å². The molecule has 0 radical (unpaired) electrons. The number of benzene rings is 1. The summed E-state index contributed by atoms with van der Waals surface area (Å²) in [6, 6.07) is 8.02. The van der Waals surface area contributed by atoms with Gasteiger partial charge in [-0.2, -0.15) is 0 Å². The number of halogens is 1. The highest BCUT2D eigenvalue weighted by Crippen LogP contribution is 2.26. The maximum Gasteiger partial charge on any atom is 0.0478 e. The lowest BCUT2D eigenvalue weighted by molar-refractivity contribution is 0.420. The van der Waals surface area contributed by atoms with E-state index in [0.29, 0.717) is 0 Å². The molecule has 0 heterocycles. The number of hydrogen-bond acceptors (Lipinski definition) is 0. The molecule has 0 saturated heterocycles. The van der Waals surface area contributed by atoms with Crippen LogP contribution in [0.15, 0.2) is 30.3 Å². The lowest BCUT2D eigenvalue weighted by atomic mass is 9.89. The van der Waals surface area contributed by atoms with Crippen molar-refractivity contribution in [1.82, 2.24) is 0 Å². The lowest BCUT2D eigenvalue weighted by Gasteiger charge is -2.17. The Balaban J connectivity index is 2.01. The van der Waals surface area contributed by atoms with E-state index in [4.69, 9.17) is 11.6 Å². The van der Waals surface area contributed by atoms with E-state index in [1.165, 1.54) is 32.1 Å². The van der Waals surface area contributed by atoms with Gasteiger partial charge in [-0.25, -0.2) is 0 Å². The van der Waals surface area contributed by atoms with Crippen molar-refractivity contribution in [2.75, 3.05) is 0 Å². The second-order valence-corrected chi connectivity index (χ2v) is 4.69. The minimum Gasteiger partial charge on any atom is -0.0837 e. The molecule has 0 unspecified atom stereocenters. The molecule has 0 aromatic heterocycles. The molecule has 0 spiro atoms. The highest BCUT2D eigenvalue weighted by molar-refractivity contribution is 6.32. The second-order valence-electron chi connectivity index (χ2n) is 4.28. The van der Waals surface area contributed by atoms with Crippen LogP contribution in [0.4, 0.5) is 0 Å². The van der Waals surface area contributed by atoms with E-state index in [1.807, 2.05) is 18.2 Å². The molecule has 1 aromatic carbocycles. The molecule has 0 nitrogen and oxygen atoms in total. The van der Waals surface area contributed by atoms with Gasteiger partial charge in [0, 0.05) is 5.02 Å². The zero-order valence-electron chi connectivity index (χ0n) is 8.95.